The number of carbonyl (C=O) groups is 1. The lowest BCUT2D eigenvalue weighted by Crippen LogP contribution is -2.39. The Bertz CT molecular complexity index is 467. The molecule has 0 aliphatic heterocycles. The number of nitrogens with one attached hydrogen (secondary N) is 1. The SMILES string of the molecule is O=C(CCc1cc(F)ccc1Br)NC1CCCC1O. The van der Waals surface area contributed by atoms with Crippen LogP contribution in [0.5, 0.6) is 0 Å². The smallest absolute Gasteiger partial charge is 0.220 e. The van der Waals surface area contributed by atoms with Crippen LogP contribution < -0.4 is 5.32 Å². The molecule has 1 fully saturated rings. The lowest BCUT2D eigenvalue weighted by Gasteiger charge is -2.16. The van der Waals surface area contributed by atoms with E-state index in [-0.39, 0.29) is 17.8 Å². The molecule has 0 saturated heterocycles. The summed E-state index contributed by atoms with van der Waals surface area (Å²) in [7, 11) is 0. The zero-order valence-corrected chi connectivity index (χ0v) is 12.1. The van der Waals surface area contributed by atoms with Crippen molar-refractivity contribution in [1.82, 2.24) is 5.32 Å². The Hall–Kier alpha value is -0.940. The third-order valence-corrected chi connectivity index (χ3v) is 4.23. The molecule has 104 valence electrons. The maximum Gasteiger partial charge on any atom is 0.220 e. The second-order valence-corrected chi connectivity index (χ2v) is 5.76. The van der Waals surface area contributed by atoms with Gasteiger partial charge < -0.3 is 10.4 Å². The minimum Gasteiger partial charge on any atom is -0.391 e. The average molecular weight is 330 g/mol. The van der Waals surface area contributed by atoms with Crippen LogP contribution in [0.3, 0.4) is 0 Å². The number of hydrogen-bond donors (Lipinski definition) is 2. The lowest BCUT2D eigenvalue weighted by atomic mass is 10.1. The Morgan fingerprint density at radius 2 is 2.26 bits per heavy atom. The molecule has 2 N–H and O–H groups in total. The Morgan fingerprint density at radius 1 is 1.47 bits per heavy atom. The minimum atomic E-state index is -0.426. The van der Waals surface area contributed by atoms with Gasteiger partial charge in [-0.05, 0) is 49.4 Å². The molecule has 3 nitrogen and oxygen atoms in total. The van der Waals surface area contributed by atoms with Crippen LogP contribution in [0.1, 0.15) is 31.2 Å². The molecule has 1 saturated carbocycles. The summed E-state index contributed by atoms with van der Waals surface area (Å²) < 4.78 is 13.9. The van der Waals surface area contributed by atoms with Crippen LogP contribution in [0, 0.1) is 5.82 Å². The summed E-state index contributed by atoms with van der Waals surface area (Å²) in [4.78, 5) is 11.8. The van der Waals surface area contributed by atoms with Crippen molar-refractivity contribution in [3.05, 3.63) is 34.1 Å². The van der Waals surface area contributed by atoms with E-state index in [9.17, 15) is 14.3 Å². The number of amides is 1. The first-order valence-electron chi connectivity index (χ1n) is 6.47. The number of rotatable bonds is 4. The summed E-state index contributed by atoms with van der Waals surface area (Å²) in [6.07, 6.45) is 2.88. The molecule has 0 spiro atoms. The van der Waals surface area contributed by atoms with Crippen LogP contribution in [0.15, 0.2) is 22.7 Å². The molecule has 19 heavy (non-hydrogen) atoms. The minimum absolute atomic E-state index is 0.0953. The van der Waals surface area contributed by atoms with Crippen LogP contribution >= 0.6 is 15.9 Å². The quantitative estimate of drug-likeness (QED) is 0.891. The van der Waals surface area contributed by atoms with Crippen molar-refractivity contribution in [3.63, 3.8) is 0 Å². The van der Waals surface area contributed by atoms with Gasteiger partial charge in [-0.15, -0.1) is 0 Å². The Balaban J connectivity index is 1.84. The first kappa shape index (κ1) is 14.5. The number of carbonyl (C=O) groups excluding carboxylic acids is 1. The van der Waals surface area contributed by atoms with E-state index < -0.39 is 6.10 Å². The first-order valence-corrected chi connectivity index (χ1v) is 7.27. The molecule has 5 heteroatoms. The van der Waals surface area contributed by atoms with Gasteiger partial charge in [-0.2, -0.15) is 0 Å². The zero-order valence-electron chi connectivity index (χ0n) is 10.5. The second kappa shape index (κ2) is 6.48. The van der Waals surface area contributed by atoms with Gasteiger partial charge in [0.25, 0.3) is 0 Å². The molecule has 0 heterocycles. The molecule has 0 aromatic heterocycles. The molecule has 0 bridgehead atoms. The molecule has 1 amide bonds. The van der Waals surface area contributed by atoms with Crippen molar-refractivity contribution in [1.29, 1.82) is 0 Å². The summed E-state index contributed by atoms with van der Waals surface area (Å²) >= 11 is 3.34. The van der Waals surface area contributed by atoms with E-state index in [1.54, 1.807) is 6.07 Å². The summed E-state index contributed by atoms with van der Waals surface area (Å²) in [5.74, 6) is -0.396. The molecular weight excluding hydrogens is 313 g/mol. The fraction of sp³-hybridized carbons (Fsp3) is 0.500. The number of aryl methyl sites for hydroxylation is 1. The van der Waals surface area contributed by atoms with Crippen molar-refractivity contribution in [3.8, 4) is 0 Å². The number of aliphatic hydroxyl groups excluding tert-OH is 1. The molecule has 1 aromatic carbocycles. The molecule has 2 atom stereocenters. The number of hydrogen-bond acceptors (Lipinski definition) is 2. The van der Waals surface area contributed by atoms with Crippen LogP contribution in [-0.4, -0.2) is 23.2 Å². The predicted molar refractivity (Wildman–Crippen MR) is 74.2 cm³/mol. The molecule has 2 rings (SSSR count). The Morgan fingerprint density at radius 3 is 2.95 bits per heavy atom. The molecule has 0 radical (unpaired) electrons. The standard InChI is InChI=1S/C14H17BrFNO2/c15-11-6-5-10(16)8-9(11)4-7-14(19)17-12-2-1-3-13(12)18/h5-6,8,12-13,18H,1-4,7H2,(H,17,19). The predicted octanol–water partition coefficient (Wildman–Crippen LogP) is 2.55. The van der Waals surface area contributed by atoms with Gasteiger partial charge in [-0.1, -0.05) is 15.9 Å². The van der Waals surface area contributed by atoms with E-state index in [1.165, 1.54) is 12.1 Å². The van der Waals surface area contributed by atoms with Gasteiger partial charge in [0.15, 0.2) is 0 Å². The summed E-state index contributed by atoms with van der Waals surface area (Å²) in [5.41, 5.74) is 0.780. The average Bonchev–Trinajstić information content (AvgIpc) is 2.76. The second-order valence-electron chi connectivity index (χ2n) is 4.91. The lowest BCUT2D eigenvalue weighted by molar-refractivity contribution is -0.122. The largest absolute Gasteiger partial charge is 0.391 e. The molecule has 1 aliphatic rings. The maximum absolute atomic E-state index is 13.1. The molecule has 1 aliphatic carbocycles. The highest BCUT2D eigenvalue weighted by molar-refractivity contribution is 9.10. The first-order chi connectivity index (χ1) is 9.06. The summed E-state index contributed by atoms with van der Waals surface area (Å²) in [6, 6.07) is 4.33. The van der Waals surface area contributed by atoms with E-state index in [0.29, 0.717) is 12.8 Å². The normalized spacial score (nSPS) is 22.5. The maximum atomic E-state index is 13.1. The molecule has 1 aromatic rings. The van der Waals surface area contributed by atoms with E-state index in [1.807, 2.05) is 0 Å². The Kier molecular flexibility index (Phi) is 4.93. The highest BCUT2D eigenvalue weighted by Gasteiger charge is 2.26. The number of benzene rings is 1. The highest BCUT2D eigenvalue weighted by atomic mass is 79.9. The third-order valence-electron chi connectivity index (χ3n) is 3.46. The van der Waals surface area contributed by atoms with Crippen molar-refractivity contribution in [2.24, 2.45) is 0 Å². The van der Waals surface area contributed by atoms with E-state index >= 15 is 0 Å². The van der Waals surface area contributed by atoms with Crippen LogP contribution in [-0.2, 0) is 11.2 Å². The number of halogens is 2. The highest BCUT2D eigenvalue weighted by Crippen LogP contribution is 2.21. The van der Waals surface area contributed by atoms with Crippen molar-refractivity contribution in [2.75, 3.05) is 0 Å². The van der Waals surface area contributed by atoms with Crippen molar-refractivity contribution in [2.45, 2.75) is 44.2 Å². The van der Waals surface area contributed by atoms with Gasteiger partial charge in [0, 0.05) is 10.9 Å². The zero-order chi connectivity index (χ0) is 13.8. The fourth-order valence-electron chi connectivity index (χ4n) is 2.37. The van der Waals surface area contributed by atoms with E-state index in [4.69, 9.17) is 0 Å². The van der Waals surface area contributed by atoms with Crippen LogP contribution in [0.4, 0.5) is 4.39 Å². The van der Waals surface area contributed by atoms with Gasteiger partial charge in [-0.3, -0.25) is 4.79 Å². The van der Waals surface area contributed by atoms with Crippen LogP contribution in [0.2, 0.25) is 0 Å². The third kappa shape index (κ3) is 4.01. The fourth-order valence-corrected chi connectivity index (χ4v) is 2.82. The monoisotopic (exact) mass is 329 g/mol. The van der Waals surface area contributed by atoms with E-state index in [0.717, 1.165) is 29.3 Å². The van der Waals surface area contributed by atoms with Crippen LogP contribution in [0.25, 0.3) is 0 Å². The molecule has 2 unspecified atom stereocenters. The van der Waals surface area contributed by atoms with Gasteiger partial charge in [-0.25, -0.2) is 4.39 Å². The van der Waals surface area contributed by atoms with Crippen molar-refractivity contribution < 1.29 is 14.3 Å². The van der Waals surface area contributed by atoms with Gasteiger partial charge in [0.1, 0.15) is 5.82 Å². The van der Waals surface area contributed by atoms with Crippen molar-refractivity contribution >= 4 is 21.8 Å². The summed E-state index contributed by atoms with van der Waals surface area (Å²) in [5, 5.41) is 12.5. The van der Waals surface area contributed by atoms with E-state index in [2.05, 4.69) is 21.2 Å². The van der Waals surface area contributed by atoms with Gasteiger partial charge >= 0.3 is 0 Å². The Labute approximate surface area is 120 Å². The van der Waals surface area contributed by atoms with Gasteiger partial charge in [0.05, 0.1) is 12.1 Å². The van der Waals surface area contributed by atoms with Gasteiger partial charge in [0.2, 0.25) is 5.91 Å². The number of aliphatic hydroxyl groups is 1. The topological polar surface area (TPSA) is 49.3 Å². The molecular formula is C14H17BrFNO2. The summed E-state index contributed by atoms with van der Waals surface area (Å²) in [6.45, 7) is 0.